The van der Waals surface area contributed by atoms with E-state index in [-0.39, 0.29) is 37.1 Å². The van der Waals surface area contributed by atoms with Gasteiger partial charge in [0, 0.05) is 49.4 Å². The van der Waals surface area contributed by atoms with E-state index in [1.54, 1.807) is 35.5 Å². The maximum Gasteiger partial charge on any atom is 0.225 e. The number of anilines is 1. The largest absolute Gasteiger partial charge is 0.365 e. The quantitative estimate of drug-likeness (QED) is 0.384. The fourth-order valence-corrected chi connectivity index (χ4v) is 4.50. The number of carbonyl (C=O) groups is 2. The average Bonchev–Trinajstić information content (AvgIpc) is 3.27. The highest BCUT2D eigenvalue weighted by molar-refractivity contribution is 5.91. The molecule has 2 aromatic heterocycles. The molecule has 9 heteroatoms. The van der Waals surface area contributed by atoms with Crippen LogP contribution in [0.4, 0.5) is 10.2 Å². The molecule has 0 aliphatic carbocycles. The van der Waals surface area contributed by atoms with Crippen LogP contribution in [0.2, 0.25) is 0 Å². The van der Waals surface area contributed by atoms with E-state index in [4.69, 9.17) is 0 Å². The predicted octanol–water partition coefficient (Wildman–Crippen LogP) is 3.75. The van der Waals surface area contributed by atoms with Crippen molar-refractivity contribution in [2.24, 2.45) is 5.92 Å². The van der Waals surface area contributed by atoms with Gasteiger partial charge in [0.25, 0.3) is 0 Å². The number of fused-ring (bicyclic) bond motifs is 1. The first-order chi connectivity index (χ1) is 18.0. The number of nitrogens with zero attached hydrogens (tertiary/aromatic N) is 4. The molecular weight excluding hydrogens is 471 g/mol. The van der Waals surface area contributed by atoms with Gasteiger partial charge in [0.2, 0.25) is 11.8 Å². The summed E-state index contributed by atoms with van der Waals surface area (Å²) in [5, 5.41) is 6.95. The summed E-state index contributed by atoms with van der Waals surface area (Å²) in [6.07, 6.45) is 3.57. The number of halogens is 1. The molecule has 5 rings (SSSR count). The number of para-hydroxylation sites is 1. The molecule has 0 spiro atoms. The average molecular weight is 499 g/mol. The van der Waals surface area contributed by atoms with Gasteiger partial charge >= 0.3 is 0 Å². The van der Waals surface area contributed by atoms with Crippen LogP contribution in [0.3, 0.4) is 0 Å². The van der Waals surface area contributed by atoms with Crippen LogP contribution in [0.1, 0.15) is 28.9 Å². The van der Waals surface area contributed by atoms with Crippen LogP contribution < -0.4 is 10.6 Å². The number of aromatic nitrogens is 3. The molecule has 4 aromatic rings. The summed E-state index contributed by atoms with van der Waals surface area (Å²) >= 11 is 0. The molecule has 1 aliphatic rings. The van der Waals surface area contributed by atoms with Crippen molar-refractivity contribution in [3.05, 3.63) is 95.3 Å². The van der Waals surface area contributed by atoms with Gasteiger partial charge in [-0.15, -0.1) is 0 Å². The molecule has 2 amide bonds. The molecule has 37 heavy (non-hydrogen) atoms. The fourth-order valence-electron chi connectivity index (χ4n) is 4.50. The van der Waals surface area contributed by atoms with Crippen LogP contribution in [0.15, 0.2) is 67.0 Å². The SMILES string of the molecule is Cc1cccc2c(NCc3ccccc3F)nc(CNC(=O)C3CC(=O)N(Cc4cccnc4)C3)nc12. The van der Waals surface area contributed by atoms with Crippen molar-refractivity contribution in [1.82, 2.24) is 25.2 Å². The van der Waals surface area contributed by atoms with Crippen LogP contribution in [-0.2, 0) is 29.2 Å². The lowest BCUT2D eigenvalue weighted by molar-refractivity contribution is -0.129. The van der Waals surface area contributed by atoms with Crippen molar-refractivity contribution in [3.63, 3.8) is 0 Å². The Labute approximate surface area is 214 Å². The third-order valence-electron chi connectivity index (χ3n) is 6.48. The summed E-state index contributed by atoms with van der Waals surface area (Å²) in [6, 6.07) is 16.1. The Morgan fingerprint density at radius 1 is 1.08 bits per heavy atom. The lowest BCUT2D eigenvalue weighted by Gasteiger charge is -2.16. The van der Waals surface area contributed by atoms with Crippen molar-refractivity contribution in [1.29, 1.82) is 0 Å². The lowest BCUT2D eigenvalue weighted by atomic mass is 10.1. The summed E-state index contributed by atoms with van der Waals surface area (Å²) in [5.41, 5.74) is 3.18. The molecule has 1 aliphatic heterocycles. The molecular formula is C28H27FN6O2. The number of benzene rings is 2. The second kappa shape index (κ2) is 10.7. The van der Waals surface area contributed by atoms with Gasteiger partial charge in [-0.3, -0.25) is 14.6 Å². The molecule has 0 bridgehead atoms. The molecule has 2 aromatic carbocycles. The van der Waals surface area contributed by atoms with Crippen LogP contribution in [-0.4, -0.2) is 38.2 Å². The summed E-state index contributed by atoms with van der Waals surface area (Å²) < 4.78 is 14.1. The van der Waals surface area contributed by atoms with Gasteiger partial charge < -0.3 is 15.5 Å². The predicted molar refractivity (Wildman–Crippen MR) is 138 cm³/mol. The third kappa shape index (κ3) is 5.55. The van der Waals surface area contributed by atoms with Crippen molar-refractivity contribution in [2.75, 3.05) is 11.9 Å². The zero-order valence-corrected chi connectivity index (χ0v) is 20.4. The highest BCUT2D eigenvalue weighted by atomic mass is 19.1. The topological polar surface area (TPSA) is 100 Å². The number of hydrogen-bond acceptors (Lipinski definition) is 6. The second-order valence-corrected chi connectivity index (χ2v) is 9.16. The van der Waals surface area contributed by atoms with Gasteiger partial charge in [-0.2, -0.15) is 0 Å². The van der Waals surface area contributed by atoms with Gasteiger partial charge in [0.1, 0.15) is 11.6 Å². The molecule has 0 radical (unpaired) electrons. The van der Waals surface area contributed by atoms with Gasteiger partial charge in [-0.25, -0.2) is 14.4 Å². The first-order valence-electron chi connectivity index (χ1n) is 12.2. The molecule has 1 unspecified atom stereocenters. The molecule has 1 atom stereocenters. The van der Waals surface area contributed by atoms with E-state index >= 15 is 0 Å². The molecule has 1 fully saturated rings. The number of amides is 2. The van der Waals surface area contributed by atoms with Gasteiger partial charge in [-0.05, 0) is 36.2 Å². The summed E-state index contributed by atoms with van der Waals surface area (Å²) in [6.45, 7) is 3.12. The van der Waals surface area contributed by atoms with Crippen LogP contribution in [0.25, 0.3) is 10.9 Å². The zero-order chi connectivity index (χ0) is 25.8. The Hall–Kier alpha value is -4.40. The Bertz CT molecular complexity index is 1450. The number of likely N-dealkylation sites (tertiary alicyclic amines) is 1. The maximum atomic E-state index is 14.1. The summed E-state index contributed by atoms with van der Waals surface area (Å²) in [7, 11) is 0. The maximum absolute atomic E-state index is 14.1. The van der Waals surface area contributed by atoms with Gasteiger partial charge in [0.15, 0.2) is 5.82 Å². The molecule has 1 saturated heterocycles. The van der Waals surface area contributed by atoms with Crippen molar-refractivity contribution in [2.45, 2.75) is 33.0 Å². The van der Waals surface area contributed by atoms with E-state index in [1.807, 2.05) is 37.3 Å². The number of nitrogens with one attached hydrogen (secondary N) is 2. The molecule has 188 valence electrons. The number of aryl methyl sites for hydroxylation is 1. The molecule has 3 heterocycles. The highest BCUT2D eigenvalue weighted by Crippen LogP contribution is 2.24. The van der Waals surface area contributed by atoms with Crippen molar-refractivity contribution < 1.29 is 14.0 Å². The minimum atomic E-state index is -0.440. The monoisotopic (exact) mass is 498 g/mol. The van der Waals surface area contributed by atoms with Crippen LogP contribution >= 0.6 is 0 Å². The Kier molecular flexibility index (Phi) is 7.02. The Morgan fingerprint density at radius 2 is 1.95 bits per heavy atom. The van der Waals surface area contributed by atoms with E-state index in [1.165, 1.54) is 6.07 Å². The first-order valence-corrected chi connectivity index (χ1v) is 12.2. The first kappa shape index (κ1) is 24.3. The Balaban J connectivity index is 1.28. The smallest absolute Gasteiger partial charge is 0.225 e. The van der Waals surface area contributed by atoms with Gasteiger partial charge in [-0.1, -0.05) is 36.4 Å². The summed E-state index contributed by atoms with van der Waals surface area (Å²) in [5.74, 6) is 0.00550. The van der Waals surface area contributed by atoms with Crippen molar-refractivity contribution >= 4 is 28.5 Å². The minimum Gasteiger partial charge on any atom is -0.365 e. The van der Waals surface area contributed by atoms with Crippen LogP contribution in [0, 0.1) is 18.7 Å². The minimum absolute atomic E-state index is 0.0544. The standard InChI is InChI=1S/C28H27FN6O2/c1-18-6-4-9-22-26(18)33-24(34-27(22)31-14-20-8-2-3-10-23(20)29)15-32-28(37)21-12-25(36)35(17-21)16-19-7-5-11-30-13-19/h2-11,13,21H,12,14-17H2,1H3,(H,32,37)(H,31,33,34). The van der Waals surface area contributed by atoms with E-state index in [0.29, 0.717) is 30.3 Å². The Morgan fingerprint density at radius 3 is 2.76 bits per heavy atom. The lowest BCUT2D eigenvalue weighted by Crippen LogP contribution is -2.33. The zero-order valence-electron chi connectivity index (χ0n) is 20.4. The number of carbonyl (C=O) groups excluding carboxylic acids is 2. The molecule has 2 N–H and O–H groups in total. The fraction of sp³-hybridized carbons (Fsp3) is 0.250. The van der Waals surface area contributed by atoms with E-state index in [0.717, 1.165) is 22.0 Å². The number of rotatable bonds is 8. The normalized spacial score (nSPS) is 15.2. The molecule has 8 nitrogen and oxygen atoms in total. The van der Waals surface area contributed by atoms with Gasteiger partial charge in [0.05, 0.1) is 18.0 Å². The molecule has 0 saturated carbocycles. The second-order valence-electron chi connectivity index (χ2n) is 9.16. The summed E-state index contributed by atoms with van der Waals surface area (Å²) in [4.78, 5) is 40.4. The number of hydrogen-bond donors (Lipinski definition) is 2. The third-order valence-corrected chi connectivity index (χ3v) is 6.48. The number of pyridine rings is 1. The highest BCUT2D eigenvalue weighted by Gasteiger charge is 2.34. The van der Waals surface area contributed by atoms with Crippen molar-refractivity contribution in [3.8, 4) is 0 Å². The van der Waals surface area contributed by atoms with E-state index in [2.05, 4.69) is 25.6 Å². The van der Waals surface area contributed by atoms with Crippen LogP contribution in [0.5, 0.6) is 0 Å². The van der Waals surface area contributed by atoms with E-state index in [9.17, 15) is 14.0 Å². The van der Waals surface area contributed by atoms with E-state index < -0.39 is 5.92 Å².